The van der Waals surface area contributed by atoms with Gasteiger partial charge in [0.2, 0.25) is 0 Å². The molecule has 4 nitrogen and oxygen atoms in total. The summed E-state index contributed by atoms with van der Waals surface area (Å²) in [6, 6.07) is 20.0. The molecule has 0 N–H and O–H groups in total. The number of hydrogen-bond acceptors (Lipinski definition) is 3. The summed E-state index contributed by atoms with van der Waals surface area (Å²) in [5.74, 6) is 0. The second-order valence-corrected chi connectivity index (χ2v) is 8.05. The lowest BCUT2D eigenvalue weighted by Crippen LogP contribution is -2.43. The highest BCUT2D eigenvalue weighted by Crippen LogP contribution is 2.21. The molecule has 0 unspecified atom stereocenters. The molecular weight excluding hydrogens is 344 g/mol. The highest BCUT2D eigenvalue weighted by molar-refractivity contribution is 5.34. The van der Waals surface area contributed by atoms with Crippen LogP contribution in [0.4, 0.5) is 0 Å². The van der Waals surface area contributed by atoms with Crippen LogP contribution in [-0.2, 0) is 13.1 Å². The first-order chi connectivity index (χ1) is 13.7. The number of rotatable bonds is 6. The molecule has 1 saturated heterocycles. The van der Waals surface area contributed by atoms with Crippen LogP contribution in [0.5, 0.6) is 0 Å². The third kappa shape index (κ3) is 4.70. The molecule has 146 valence electrons. The van der Waals surface area contributed by atoms with Crippen LogP contribution in [0.3, 0.4) is 0 Å². The maximum atomic E-state index is 4.62. The van der Waals surface area contributed by atoms with Gasteiger partial charge in [0.1, 0.15) is 0 Å². The first-order valence-electron chi connectivity index (χ1n) is 10.2. The van der Waals surface area contributed by atoms with Crippen molar-refractivity contribution in [2.75, 3.05) is 20.1 Å². The van der Waals surface area contributed by atoms with E-state index in [2.05, 4.69) is 89.7 Å². The average Bonchev–Trinajstić information content (AvgIpc) is 3.18. The summed E-state index contributed by atoms with van der Waals surface area (Å²) in [5.41, 5.74) is 5.04. The number of likely N-dealkylation sites (tertiary alicyclic amines) is 1. The molecule has 3 aromatic rings. The minimum absolute atomic E-state index is 0.624. The van der Waals surface area contributed by atoms with Gasteiger partial charge in [0.05, 0.1) is 11.9 Å². The highest BCUT2D eigenvalue weighted by Gasteiger charge is 2.23. The topological polar surface area (TPSA) is 24.3 Å². The Morgan fingerprint density at radius 1 is 0.929 bits per heavy atom. The maximum Gasteiger partial charge on any atom is 0.0645 e. The molecule has 0 aliphatic carbocycles. The Labute approximate surface area is 168 Å². The predicted molar refractivity (Wildman–Crippen MR) is 115 cm³/mol. The van der Waals surface area contributed by atoms with E-state index in [-0.39, 0.29) is 0 Å². The van der Waals surface area contributed by atoms with Crippen molar-refractivity contribution in [3.05, 3.63) is 83.7 Å². The molecule has 2 aromatic carbocycles. The Hall–Kier alpha value is -2.43. The molecule has 4 rings (SSSR count). The van der Waals surface area contributed by atoms with Crippen LogP contribution in [-0.4, -0.2) is 45.8 Å². The largest absolute Gasteiger partial charge is 0.306 e. The zero-order valence-corrected chi connectivity index (χ0v) is 17.0. The zero-order chi connectivity index (χ0) is 19.3. The van der Waals surface area contributed by atoms with Gasteiger partial charge in [-0.2, -0.15) is 5.10 Å². The quantitative estimate of drug-likeness (QED) is 0.644. The van der Waals surface area contributed by atoms with Gasteiger partial charge in [-0.25, -0.2) is 4.68 Å². The summed E-state index contributed by atoms with van der Waals surface area (Å²) >= 11 is 0. The van der Waals surface area contributed by atoms with Gasteiger partial charge < -0.3 is 4.90 Å². The standard InChI is InChI=1S/C24H30N4/c1-20-8-10-24(11-9-20)28-19-22(16-25-28)18-27(17-21-6-4-3-5-7-21)23-12-14-26(2)15-13-23/h3-11,16,19,23H,12-15,17-18H2,1-2H3. The van der Waals surface area contributed by atoms with E-state index in [1.807, 2.05) is 10.9 Å². The second kappa shape index (κ2) is 8.72. The van der Waals surface area contributed by atoms with Crippen molar-refractivity contribution in [3.63, 3.8) is 0 Å². The van der Waals surface area contributed by atoms with E-state index >= 15 is 0 Å². The molecule has 0 amide bonds. The highest BCUT2D eigenvalue weighted by atomic mass is 15.3. The van der Waals surface area contributed by atoms with Gasteiger partial charge in [-0.3, -0.25) is 4.90 Å². The van der Waals surface area contributed by atoms with E-state index in [0.717, 1.165) is 18.8 Å². The fourth-order valence-corrected chi connectivity index (χ4v) is 4.01. The van der Waals surface area contributed by atoms with Crippen LogP contribution in [0.15, 0.2) is 67.0 Å². The third-order valence-electron chi connectivity index (χ3n) is 5.75. The summed E-state index contributed by atoms with van der Waals surface area (Å²) in [6.45, 7) is 6.40. The van der Waals surface area contributed by atoms with E-state index in [1.54, 1.807) is 0 Å². The van der Waals surface area contributed by atoms with Crippen molar-refractivity contribution in [1.29, 1.82) is 0 Å². The fraction of sp³-hybridized carbons (Fsp3) is 0.375. The van der Waals surface area contributed by atoms with Crippen molar-refractivity contribution in [2.45, 2.75) is 38.9 Å². The molecule has 0 radical (unpaired) electrons. The predicted octanol–water partition coefficient (Wildman–Crippen LogP) is 4.28. The number of aromatic nitrogens is 2. The minimum atomic E-state index is 0.624. The van der Waals surface area contributed by atoms with Crippen LogP contribution < -0.4 is 0 Å². The average molecular weight is 375 g/mol. The number of aryl methyl sites for hydroxylation is 1. The summed E-state index contributed by atoms with van der Waals surface area (Å²) in [6.07, 6.45) is 6.66. The van der Waals surface area contributed by atoms with E-state index in [0.29, 0.717) is 6.04 Å². The molecule has 0 spiro atoms. The Balaban J connectivity index is 1.51. The van der Waals surface area contributed by atoms with Gasteiger partial charge in [0.25, 0.3) is 0 Å². The molecule has 1 aliphatic rings. The van der Waals surface area contributed by atoms with Crippen LogP contribution >= 0.6 is 0 Å². The SMILES string of the molecule is Cc1ccc(-n2cc(CN(Cc3ccccc3)C3CCN(C)CC3)cn2)cc1. The molecule has 1 aliphatic heterocycles. The smallest absolute Gasteiger partial charge is 0.0645 e. The summed E-state index contributed by atoms with van der Waals surface area (Å²) < 4.78 is 1.99. The molecule has 1 aromatic heterocycles. The lowest BCUT2D eigenvalue weighted by Gasteiger charge is -2.37. The monoisotopic (exact) mass is 374 g/mol. The number of benzene rings is 2. The maximum absolute atomic E-state index is 4.62. The summed E-state index contributed by atoms with van der Waals surface area (Å²) in [7, 11) is 2.23. The van der Waals surface area contributed by atoms with Crippen molar-refractivity contribution in [3.8, 4) is 5.69 Å². The number of hydrogen-bond donors (Lipinski definition) is 0. The van der Waals surface area contributed by atoms with Gasteiger partial charge in [0.15, 0.2) is 0 Å². The van der Waals surface area contributed by atoms with E-state index < -0.39 is 0 Å². The molecular formula is C24H30N4. The molecule has 2 heterocycles. The molecule has 1 fully saturated rings. The van der Waals surface area contributed by atoms with Crippen molar-refractivity contribution in [2.24, 2.45) is 0 Å². The van der Waals surface area contributed by atoms with Gasteiger partial charge in [0, 0.05) is 30.9 Å². The van der Waals surface area contributed by atoms with Crippen molar-refractivity contribution < 1.29 is 0 Å². The fourth-order valence-electron chi connectivity index (χ4n) is 4.01. The Morgan fingerprint density at radius 3 is 2.32 bits per heavy atom. The van der Waals surface area contributed by atoms with Gasteiger partial charge in [-0.05, 0) is 57.6 Å². The molecule has 0 atom stereocenters. The first kappa shape index (κ1) is 18.9. The second-order valence-electron chi connectivity index (χ2n) is 8.05. The summed E-state index contributed by atoms with van der Waals surface area (Å²) in [5, 5.41) is 4.62. The minimum Gasteiger partial charge on any atom is -0.306 e. The van der Waals surface area contributed by atoms with E-state index in [1.165, 1.54) is 42.6 Å². The summed E-state index contributed by atoms with van der Waals surface area (Å²) in [4.78, 5) is 5.07. The van der Waals surface area contributed by atoms with Gasteiger partial charge >= 0.3 is 0 Å². The Bertz CT molecular complexity index is 861. The number of piperidine rings is 1. The van der Waals surface area contributed by atoms with Crippen molar-refractivity contribution in [1.82, 2.24) is 19.6 Å². The van der Waals surface area contributed by atoms with Gasteiger partial charge in [-0.1, -0.05) is 48.0 Å². The normalized spacial score (nSPS) is 16.0. The Kier molecular flexibility index (Phi) is 5.89. The third-order valence-corrected chi connectivity index (χ3v) is 5.75. The molecule has 28 heavy (non-hydrogen) atoms. The van der Waals surface area contributed by atoms with E-state index in [9.17, 15) is 0 Å². The van der Waals surface area contributed by atoms with Crippen LogP contribution in [0.25, 0.3) is 5.69 Å². The Morgan fingerprint density at radius 2 is 1.61 bits per heavy atom. The lowest BCUT2D eigenvalue weighted by atomic mass is 10.0. The van der Waals surface area contributed by atoms with Gasteiger partial charge in [-0.15, -0.1) is 0 Å². The lowest BCUT2D eigenvalue weighted by molar-refractivity contribution is 0.108. The van der Waals surface area contributed by atoms with Crippen LogP contribution in [0.1, 0.15) is 29.5 Å². The van der Waals surface area contributed by atoms with E-state index in [4.69, 9.17) is 0 Å². The number of nitrogens with zero attached hydrogens (tertiary/aromatic N) is 4. The van der Waals surface area contributed by atoms with Crippen LogP contribution in [0, 0.1) is 6.92 Å². The molecule has 0 bridgehead atoms. The first-order valence-corrected chi connectivity index (χ1v) is 10.2. The molecule has 4 heteroatoms. The van der Waals surface area contributed by atoms with Crippen LogP contribution in [0.2, 0.25) is 0 Å². The van der Waals surface area contributed by atoms with Crippen molar-refractivity contribution >= 4 is 0 Å². The zero-order valence-electron chi connectivity index (χ0n) is 17.0. The molecule has 0 saturated carbocycles.